The number of aromatic nitrogens is 1. The van der Waals surface area contributed by atoms with Crippen LogP contribution in [0.5, 0.6) is 0 Å². The molecule has 1 unspecified atom stereocenters. The van der Waals surface area contributed by atoms with Gasteiger partial charge in [-0.2, -0.15) is 0 Å². The monoisotopic (exact) mass is 489 g/mol. The number of pyridine rings is 1. The van der Waals surface area contributed by atoms with Crippen LogP contribution in [0.4, 0.5) is 5.69 Å². The number of hydrogen-bond acceptors (Lipinski definition) is 6. The van der Waals surface area contributed by atoms with E-state index in [-0.39, 0.29) is 21.9 Å². The topological polar surface area (TPSA) is 131 Å². The molecule has 178 valence electrons. The largest absolute Gasteiger partial charge is 0.507 e. The fraction of sp³-hybridized carbons (Fsp3) is 0.192. The lowest BCUT2D eigenvalue weighted by Gasteiger charge is -2.25. The summed E-state index contributed by atoms with van der Waals surface area (Å²) in [6.07, 6.45) is 7.15. The number of nitrogens with two attached hydrogens (primary N) is 1. The number of rotatable bonds is 4. The van der Waals surface area contributed by atoms with E-state index in [9.17, 15) is 23.1 Å². The first kappa shape index (κ1) is 22.9. The molecule has 1 aromatic heterocycles. The first-order valence-corrected chi connectivity index (χ1v) is 12.8. The number of aliphatic hydroxyl groups is 1. The molecule has 3 aromatic rings. The highest BCUT2D eigenvalue weighted by atomic mass is 32.2. The van der Waals surface area contributed by atoms with Gasteiger partial charge in [-0.05, 0) is 78.8 Å². The summed E-state index contributed by atoms with van der Waals surface area (Å²) in [5.74, 6) is -1.92. The summed E-state index contributed by atoms with van der Waals surface area (Å²) < 4.78 is 23.3. The zero-order valence-electron chi connectivity index (χ0n) is 18.7. The van der Waals surface area contributed by atoms with Crippen LogP contribution in [0.1, 0.15) is 41.1 Å². The van der Waals surface area contributed by atoms with Gasteiger partial charge >= 0.3 is 0 Å². The third-order valence-corrected chi connectivity index (χ3v) is 7.44. The van der Waals surface area contributed by atoms with Crippen molar-refractivity contribution in [3.8, 4) is 0 Å². The third kappa shape index (κ3) is 4.13. The van der Waals surface area contributed by atoms with Crippen LogP contribution < -0.4 is 10.0 Å². The summed E-state index contributed by atoms with van der Waals surface area (Å²) >= 11 is 0. The Morgan fingerprint density at radius 3 is 2.37 bits per heavy atom. The van der Waals surface area contributed by atoms with Crippen LogP contribution in [0.3, 0.4) is 0 Å². The van der Waals surface area contributed by atoms with Crippen LogP contribution in [-0.4, -0.2) is 30.2 Å². The average Bonchev–Trinajstić information content (AvgIpc) is 3.13. The number of anilines is 1. The molecule has 0 spiro atoms. The van der Waals surface area contributed by atoms with Gasteiger partial charge in [0, 0.05) is 23.6 Å². The molecular weight excluding hydrogens is 466 g/mol. The van der Waals surface area contributed by atoms with Gasteiger partial charge in [-0.1, -0.05) is 18.2 Å². The molecule has 1 aliphatic carbocycles. The quantitative estimate of drug-likeness (QED) is 0.329. The Morgan fingerprint density at radius 2 is 1.71 bits per heavy atom. The Hall–Kier alpha value is -3.82. The lowest BCUT2D eigenvalue weighted by molar-refractivity contribution is -0.132. The number of primary sulfonamides is 1. The van der Waals surface area contributed by atoms with E-state index in [1.54, 1.807) is 24.4 Å². The maximum Gasteiger partial charge on any atom is 0.300 e. The van der Waals surface area contributed by atoms with E-state index in [4.69, 9.17) is 5.14 Å². The van der Waals surface area contributed by atoms with Gasteiger partial charge in [-0.25, -0.2) is 13.6 Å². The van der Waals surface area contributed by atoms with Crippen LogP contribution in [0.2, 0.25) is 0 Å². The van der Waals surface area contributed by atoms with Crippen molar-refractivity contribution < 1.29 is 23.1 Å². The van der Waals surface area contributed by atoms with Gasteiger partial charge in [-0.3, -0.25) is 19.5 Å². The van der Waals surface area contributed by atoms with Gasteiger partial charge in [0.2, 0.25) is 10.0 Å². The smallest absolute Gasteiger partial charge is 0.300 e. The molecule has 1 saturated heterocycles. The minimum absolute atomic E-state index is 0.0470. The Bertz CT molecular complexity index is 1460. The van der Waals surface area contributed by atoms with Gasteiger partial charge in [0.15, 0.2) is 0 Å². The number of amides is 1. The van der Waals surface area contributed by atoms with Crippen LogP contribution in [0.15, 0.2) is 77.5 Å². The number of Topliss-reactive ketones (excluding diaryl/α,β-unsaturated/α-hetero) is 1. The minimum Gasteiger partial charge on any atom is -0.507 e. The number of aliphatic hydroxyl groups excluding tert-OH is 1. The Kier molecular flexibility index (Phi) is 5.74. The fourth-order valence-electron chi connectivity index (χ4n) is 4.78. The molecule has 2 aliphatic rings. The van der Waals surface area contributed by atoms with E-state index < -0.39 is 27.8 Å². The minimum atomic E-state index is -3.93. The van der Waals surface area contributed by atoms with Crippen molar-refractivity contribution in [1.82, 2.24) is 4.98 Å². The molecule has 0 saturated carbocycles. The number of ketones is 1. The maximum atomic E-state index is 13.3. The molecule has 35 heavy (non-hydrogen) atoms. The van der Waals surface area contributed by atoms with Crippen molar-refractivity contribution >= 4 is 33.2 Å². The van der Waals surface area contributed by atoms with Crippen molar-refractivity contribution in [3.63, 3.8) is 0 Å². The first-order valence-electron chi connectivity index (χ1n) is 11.2. The zero-order valence-corrected chi connectivity index (χ0v) is 19.5. The van der Waals surface area contributed by atoms with Crippen molar-refractivity contribution in [2.24, 2.45) is 5.14 Å². The second-order valence-electron chi connectivity index (χ2n) is 8.68. The molecular formula is C26H23N3O5S. The number of nitrogens with zero attached hydrogens (tertiary/aromatic N) is 2. The number of sulfonamides is 1. The Labute approximate surface area is 202 Å². The number of hydrogen-bond donors (Lipinski definition) is 2. The molecule has 5 rings (SSSR count). The van der Waals surface area contributed by atoms with E-state index in [2.05, 4.69) is 4.98 Å². The van der Waals surface area contributed by atoms with Gasteiger partial charge < -0.3 is 5.11 Å². The van der Waals surface area contributed by atoms with Crippen LogP contribution >= 0.6 is 0 Å². The van der Waals surface area contributed by atoms with Gasteiger partial charge in [0.1, 0.15) is 5.76 Å². The predicted molar refractivity (Wildman–Crippen MR) is 130 cm³/mol. The summed E-state index contributed by atoms with van der Waals surface area (Å²) in [4.78, 5) is 31.7. The van der Waals surface area contributed by atoms with E-state index in [0.29, 0.717) is 11.1 Å². The fourth-order valence-corrected chi connectivity index (χ4v) is 5.30. The molecule has 2 aromatic carbocycles. The summed E-state index contributed by atoms with van der Waals surface area (Å²) in [5, 5.41) is 16.5. The van der Waals surface area contributed by atoms with E-state index in [1.165, 1.54) is 40.9 Å². The standard InChI is InChI=1S/C26H23N3O5S/c27-35(33,34)21-11-9-20(10-12-21)29-23(19-6-3-13-28-15-19)22(25(31)26(29)32)24(30)18-8-7-16-4-1-2-5-17(16)14-18/h3,6-15,23,30H,1-2,4-5H2,(H2,27,33,34)/b24-22-. The summed E-state index contributed by atoms with van der Waals surface area (Å²) in [5.41, 5.74) is 3.61. The second-order valence-corrected chi connectivity index (χ2v) is 10.2. The molecule has 0 bridgehead atoms. The number of carbonyl (C=O) groups is 2. The zero-order chi connectivity index (χ0) is 24.7. The van der Waals surface area contributed by atoms with Crippen molar-refractivity contribution in [2.75, 3.05) is 4.90 Å². The van der Waals surface area contributed by atoms with Crippen molar-refractivity contribution in [3.05, 3.63) is 94.8 Å². The number of fused-ring (bicyclic) bond motifs is 1. The highest BCUT2D eigenvalue weighted by molar-refractivity contribution is 7.89. The lowest BCUT2D eigenvalue weighted by Crippen LogP contribution is -2.29. The molecule has 1 fully saturated rings. The molecule has 2 heterocycles. The molecule has 1 amide bonds. The number of aryl methyl sites for hydroxylation is 2. The molecule has 3 N–H and O–H groups in total. The van der Waals surface area contributed by atoms with Crippen LogP contribution in [0.25, 0.3) is 5.76 Å². The van der Waals surface area contributed by atoms with Crippen molar-refractivity contribution in [2.45, 2.75) is 36.6 Å². The first-order chi connectivity index (χ1) is 16.8. The average molecular weight is 490 g/mol. The molecule has 1 aliphatic heterocycles. The number of carbonyl (C=O) groups excluding carboxylic acids is 2. The molecule has 1 atom stereocenters. The molecule has 0 radical (unpaired) electrons. The maximum absolute atomic E-state index is 13.3. The normalized spacial score (nSPS) is 19.6. The Balaban J connectivity index is 1.66. The number of benzene rings is 2. The van der Waals surface area contributed by atoms with Gasteiger partial charge in [0.25, 0.3) is 11.7 Å². The SMILES string of the molecule is NS(=O)(=O)c1ccc(N2C(=O)C(=O)/C(=C(\O)c3ccc4c(c3)CCCC4)C2c2cccnc2)cc1. The highest BCUT2D eigenvalue weighted by Gasteiger charge is 2.47. The van der Waals surface area contributed by atoms with E-state index in [0.717, 1.165) is 31.2 Å². The lowest BCUT2D eigenvalue weighted by atomic mass is 9.89. The van der Waals surface area contributed by atoms with Gasteiger partial charge in [-0.15, -0.1) is 0 Å². The highest BCUT2D eigenvalue weighted by Crippen LogP contribution is 2.42. The third-order valence-electron chi connectivity index (χ3n) is 6.51. The summed E-state index contributed by atoms with van der Waals surface area (Å²) in [6, 6.07) is 13.4. The van der Waals surface area contributed by atoms with Crippen LogP contribution in [-0.2, 0) is 32.5 Å². The summed E-state index contributed by atoms with van der Waals surface area (Å²) in [6.45, 7) is 0. The van der Waals surface area contributed by atoms with E-state index in [1.807, 2.05) is 12.1 Å². The van der Waals surface area contributed by atoms with E-state index >= 15 is 0 Å². The summed E-state index contributed by atoms with van der Waals surface area (Å²) in [7, 11) is -3.93. The van der Waals surface area contributed by atoms with Crippen LogP contribution in [0, 0.1) is 0 Å². The van der Waals surface area contributed by atoms with Gasteiger partial charge in [0.05, 0.1) is 16.5 Å². The molecule has 9 heteroatoms. The second kappa shape index (κ2) is 8.75. The van der Waals surface area contributed by atoms with Crippen molar-refractivity contribution in [1.29, 1.82) is 0 Å². The molecule has 8 nitrogen and oxygen atoms in total. The Morgan fingerprint density at radius 1 is 1.00 bits per heavy atom. The predicted octanol–water partition coefficient (Wildman–Crippen LogP) is 3.23.